The lowest BCUT2D eigenvalue weighted by Gasteiger charge is -2.28. The SMILES string of the molecule is CCc1c(O)n(C2CCCC(C)C2)c(=O)[nH]c1=O. The van der Waals surface area contributed by atoms with Crippen molar-refractivity contribution in [3.05, 3.63) is 26.4 Å². The summed E-state index contributed by atoms with van der Waals surface area (Å²) in [5, 5.41) is 10.1. The van der Waals surface area contributed by atoms with Crippen LogP contribution in [0.15, 0.2) is 9.59 Å². The predicted molar refractivity (Wildman–Crippen MR) is 69.0 cm³/mol. The minimum Gasteiger partial charge on any atom is -0.494 e. The lowest BCUT2D eigenvalue weighted by Crippen LogP contribution is -2.35. The van der Waals surface area contributed by atoms with Gasteiger partial charge >= 0.3 is 5.69 Å². The molecule has 5 heteroatoms. The van der Waals surface area contributed by atoms with Crippen LogP contribution in [0.3, 0.4) is 0 Å². The fourth-order valence-corrected chi connectivity index (χ4v) is 2.87. The highest BCUT2D eigenvalue weighted by Crippen LogP contribution is 2.33. The highest BCUT2D eigenvalue weighted by Gasteiger charge is 2.25. The van der Waals surface area contributed by atoms with Crippen LogP contribution in [0.25, 0.3) is 0 Å². The monoisotopic (exact) mass is 252 g/mol. The van der Waals surface area contributed by atoms with E-state index >= 15 is 0 Å². The third-order valence-electron chi connectivity index (χ3n) is 3.84. The van der Waals surface area contributed by atoms with Gasteiger partial charge in [-0.15, -0.1) is 0 Å². The first-order chi connectivity index (χ1) is 8.54. The first-order valence-electron chi connectivity index (χ1n) is 6.61. The fourth-order valence-electron chi connectivity index (χ4n) is 2.87. The summed E-state index contributed by atoms with van der Waals surface area (Å²) < 4.78 is 1.37. The van der Waals surface area contributed by atoms with Crippen LogP contribution in [0.1, 0.15) is 51.1 Å². The number of aromatic hydroxyl groups is 1. The van der Waals surface area contributed by atoms with Crippen molar-refractivity contribution in [2.75, 3.05) is 0 Å². The maximum Gasteiger partial charge on any atom is 0.331 e. The molecule has 1 aromatic heterocycles. The predicted octanol–water partition coefficient (Wildman–Crippen LogP) is 1.56. The van der Waals surface area contributed by atoms with Gasteiger partial charge in [0, 0.05) is 6.04 Å². The number of nitrogens with one attached hydrogen (secondary N) is 1. The normalized spacial score (nSPS) is 24.1. The first kappa shape index (κ1) is 12.9. The molecule has 1 heterocycles. The van der Waals surface area contributed by atoms with Crippen LogP contribution in [0, 0.1) is 5.92 Å². The van der Waals surface area contributed by atoms with Crippen LogP contribution < -0.4 is 11.2 Å². The number of rotatable bonds is 2. The molecular formula is C13H20N2O3. The van der Waals surface area contributed by atoms with E-state index in [4.69, 9.17) is 0 Å². The molecular weight excluding hydrogens is 232 g/mol. The van der Waals surface area contributed by atoms with E-state index in [0.29, 0.717) is 17.9 Å². The number of hydrogen-bond acceptors (Lipinski definition) is 3. The van der Waals surface area contributed by atoms with E-state index in [9.17, 15) is 14.7 Å². The molecule has 2 rings (SSSR count). The molecule has 1 aromatic rings. The van der Waals surface area contributed by atoms with Crippen molar-refractivity contribution in [3.8, 4) is 5.88 Å². The standard InChI is InChI=1S/C13H20N2O3/c1-3-10-11(16)14-13(18)15(12(10)17)9-6-4-5-8(2)7-9/h8-9,17H,3-7H2,1-2H3,(H,14,16,18). The molecule has 1 aliphatic rings. The van der Waals surface area contributed by atoms with Crippen molar-refractivity contribution in [1.82, 2.24) is 9.55 Å². The molecule has 0 aliphatic heterocycles. The number of aromatic amines is 1. The van der Waals surface area contributed by atoms with Gasteiger partial charge in [0.1, 0.15) is 0 Å². The summed E-state index contributed by atoms with van der Waals surface area (Å²) >= 11 is 0. The lowest BCUT2D eigenvalue weighted by atomic mass is 9.87. The van der Waals surface area contributed by atoms with Gasteiger partial charge in [-0.25, -0.2) is 4.79 Å². The molecule has 100 valence electrons. The summed E-state index contributed by atoms with van der Waals surface area (Å²) in [6.07, 6.45) is 4.40. The van der Waals surface area contributed by atoms with Crippen molar-refractivity contribution < 1.29 is 5.11 Å². The van der Waals surface area contributed by atoms with E-state index in [2.05, 4.69) is 11.9 Å². The fraction of sp³-hybridized carbons (Fsp3) is 0.692. The number of nitrogens with zero attached hydrogens (tertiary/aromatic N) is 1. The summed E-state index contributed by atoms with van der Waals surface area (Å²) in [4.78, 5) is 25.7. The van der Waals surface area contributed by atoms with Gasteiger partial charge in [0.05, 0.1) is 5.56 Å². The molecule has 1 aliphatic carbocycles. The largest absolute Gasteiger partial charge is 0.494 e. The highest BCUT2D eigenvalue weighted by molar-refractivity contribution is 5.23. The van der Waals surface area contributed by atoms with E-state index in [1.165, 1.54) is 4.57 Å². The van der Waals surface area contributed by atoms with Crippen molar-refractivity contribution in [3.63, 3.8) is 0 Å². The van der Waals surface area contributed by atoms with E-state index in [1.807, 2.05) is 0 Å². The van der Waals surface area contributed by atoms with Crippen LogP contribution >= 0.6 is 0 Å². The first-order valence-corrected chi connectivity index (χ1v) is 6.61. The van der Waals surface area contributed by atoms with Crippen molar-refractivity contribution >= 4 is 0 Å². The smallest absolute Gasteiger partial charge is 0.331 e. The quantitative estimate of drug-likeness (QED) is 0.838. The van der Waals surface area contributed by atoms with Gasteiger partial charge in [0.25, 0.3) is 5.56 Å². The van der Waals surface area contributed by atoms with E-state index in [0.717, 1.165) is 25.7 Å². The van der Waals surface area contributed by atoms with E-state index < -0.39 is 11.2 Å². The van der Waals surface area contributed by atoms with Gasteiger partial charge in [-0.1, -0.05) is 26.7 Å². The summed E-state index contributed by atoms with van der Waals surface area (Å²) in [5.41, 5.74) is -0.665. The Bertz CT molecular complexity index is 544. The molecule has 18 heavy (non-hydrogen) atoms. The Morgan fingerprint density at radius 1 is 1.39 bits per heavy atom. The summed E-state index contributed by atoms with van der Waals surface area (Å²) in [5.74, 6) is 0.400. The molecule has 2 unspecified atom stereocenters. The average molecular weight is 252 g/mol. The van der Waals surface area contributed by atoms with Gasteiger partial charge in [-0.05, 0) is 25.2 Å². The maximum atomic E-state index is 11.9. The minimum atomic E-state index is -0.492. The zero-order chi connectivity index (χ0) is 13.3. The van der Waals surface area contributed by atoms with E-state index in [1.54, 1.807) is 6.92 Å². The molecule has 0 radical (unpaired) electrons. The zero-order valence-corrected chi connectivity index (χ0v) is 10.9. The highest BCUT2D eigenvalue weighted by atomic mass is 16.3. The van der Waals surface area contributed by atoms with Gasteiger partial charge < -0.3 is 5.11 Å². The number of H-pyrrole nitrogens is 1. The molecule has 2 N–H and O–H groups in total. The van der Waals surface area contributed by atoms with E-state index in [-0.39, 0.29) is 11.9 Å². The Morgan fingerprint density at radius 2 is 2.11 bits per heavy atom. The molecule has 2 atom stereocenters. The van der Waals surface area contributed by atoms with Crippen LogP contribution in [0.4, 0.5) is 0 Å². The van der Waals surface area contributed by atoms with Gasteiger partial charge in [-0.3, -0.25) is 14.3 Å². The summed E-state index contributed by atoms with van der Waals surface area (Å²) in [7, 11) is 0. The van der Waals surface area contributed by atoms with Crippen LogP contribution in [-0.4, -0.2) is 14.7 Å². The second-order valence-electron chi connectivity index (χ2n) is 5.21. The molecule has 0 amide bonds. The van der Waals surface area contributed by atoms with Crippen LogP contribution in [-0.2, 0) is 6.42 Å². The van der Waals surface area contributed by atoms with Gasteiger partial charge in [-0.2, -0.15) is 0 Å². The zero-order valence-electron chi connectivity index (χ0n) is 10.9. The van der Waals surface area contributed by atoms with Crippen molar-refractivity contribution in [1.29, 1.82) is 0 Å². The summed E-state index contributed by atoms with van der Waals surface area (Å²) in [6.45, 7) is 3.95. The number of hydrogen-bond donors (Lipinski definition) is 2. The maximum absolute atomic E-state index is 11.9. The third kappa shape index (κ3) is 2.21. The second kappa shape index (κ2) is 5.00. The minimum absolute atomic E-state index is 0.00315. The lowest BCUT2D eigenvalue weighted by molar-refractivity contribution is 0.251. The van der Waals surface area contributed by atoms with Crippen molar-refractivity contribution in [2.45, 2.75) is 52.0 Å². The average Bonchev–Trinajstić information content (AvgIpc) is 2.28. The second-order valence-corrected chi connectivity index (χ2v) is 5.21. The topological polar surface area (TPSA) is 75.1 Å². The summed E-state index contributed by atoms with van der Waals surface area (Å²) in [6, 6.07) is 0.00315. The Hall–Kier alpha value is -1.52. The molecule has 0 saturated heterocycles. The third-order valence-corrected chi connectivity index (χ3v) is 3.84. The molecule has 0 aromatic carbocycles. The molecule has 1 saturated carbocycles. The molecule has 1 fully saturated rings. The molecule has 5 nitrogen and oxygen atoms in total. The Morgan fingerprint density at radius 3 is 2.72 bits per heavy atom. The van der Waals surface area contributed by atoms with Crippen LogP contribution in [0.2, 0.25) is 0 Å². The van der Waals surface area contributed by atoms with Gasteiger partial charge in [0.15, 0.2) is 0 Å². The Kier molecular flexibility index (Phi) is 3.59. The number of aromatic nitrogens is 2. The van der Waals surface area contributed by atoms with Crippen LogP contribution in [0.5, 0.6) is 5.88 Å². The Balaban J connectivity index is 2.50. The van der Waals surface area contributed by atoms with Crippen molar-refractivity contribution in [2.24, 2.45) is 5.92 Å². The Labute approximate surface area is 105 Å². The van der Waals surface area contributed by atoms with Gasteiger partial charge in [0.2, 0.25) is 5.88 Å². The molecule has 0 spiro atoms. The molecule has 0 bridgehead atoms.